The molecule has 5 rings (SSSR count). The van der Waals surface area contributed by atoms with Gasteiger partial charge in [-0.05, 0) is 0 Å². The zero-order chi connectivity index (χ0) is 23.8. The zero-order valence-electron chi connectivity index (χ0n) is 18.0. The number of rotatable bonds is 5. The number of amides is 2. The number of carbonyl (C=O) groups is 2. The number of benzene rings is 1. The number of hydrogen-bond donors (Lipinski definition) is 1. The van der Waals surface area contributed by atoms with Gasteiger partial charge in [-0.3, -0.25) is 14.7 Å². The van der Waals surface area contributed by atoms with E-state index in [0.29, 0.717) is 59.5 Å². The summed E-state index contributed by atoms with van der Waals surface area (Å²) >= 11 is 13.1. The van der Waals surface area contributed by atoms with Crippen LogP contribution in [0.15, 0.2) is 18.5 Å². The van der Waals surface area contributed by atoms with Crippen molar-refractivity contribution in [2.45, 2.75) is 13.1 Å². The Hall–Kier alpha value is -3.26. The average molecular weight is 503 g/mol. The lowest BCUT2D eigenvalue weighted by molar-refractivity contribution is -0.149. The highest BCUT2D eigenvalue weighted by Crippen LogP contribution is 2.47. The average Bonchev–Trinajstić information content (AvgIpc) is 3.47. The van der Waals surface area contributed by atoms with Crippen LogP contribution < -0.4 is 4.74 Å². The molecule has 0 aliphatic carbocycles. The fourth-order valence-electron chi connectivity index (χ4n) is 4.51. The molecule has 0 unspecified atom stereocenters. The second-order valence-corrected chi connectivity index (χ2v) is 8.77. The maximum atomic E-state index is 13.1. The molecular formula is C22H20Cl2N6O4. The van der Waals surface area contributed by atoms with Crippen LogP contribution in [-0.2, 0) is 27.4 Å². The van der Waals surface area contributed by atoms with Gasteiger partial charge in [0.05, 0.1) is 46.8 Å². The summed E-state index contributed by atoms with van der Waals surface area (Å²) in [6.07, 6.45) is 3.43. The molecule has 34 heavy (non-hydrogen) atoms. The Morgan fingerprint density at radius 2 is 2.18 bits per heavy atom. The van der Waals surface area contributed by atoms with Crippen LogP contribution in [-0.4, -0.2) is 75.8 Å². The van der Waals surface area contributed by atoms with Crippen LogP contribution >= 0.6 is 23.2 Å². The lowest BCUT2D eigenvalue weighted by Crippen LogP contribution is -2.49. The zero-order valence-corrected chi connectivity index (χ0v) is 19.5. The molecule has 0 radical (unpaired) electrons. The molecule has 10 nitrogen and oxygen atoms in total. The third kappa shape index (κ3) is 3.86. The summed E-state index contributed by atoms with van der Waals surface area (Å²) in [4.78, 5) is 28.5. The van der Waals surface area contributed by atoms with Gasteiger partial charge in [0.1, 0.15) is 18.4 Å². The van der Waals surface area contributed by atoms with Gasteiger partial charge < -0.3 is 23.8 Å². The lowest BCUT2D eigenvalue weighted by Gasteiger charge is -2.33. The predicted octanol–water partition coefficient (Wildman–Crippen LogP) is 2.44. The molecule has 3 aromatic rings. The van der Waals surface area contributed by atoms with E-state index < -0.39 is 0 Å². The number of aromatic amines is 1. The van der Waals surface area contributed by atoms with E-state index in [0.717, 1.165) is 16.8 Å². The Morgan fingerprint density at radius 3 is 2.91 bits per heavy atom. The van der Waals surface area contributed by atoms with E-state index in [9.17, 15) is 9.59 Å². The molecule has 0 spiro atoms. The molecule has 1 saturated heterocycles. The number of H-pyrrole nitrogens is 1. The van der Waals surface area contributed by atoms with E-state index in [2.05, 4.69) is 10.2 Å². The molecule has 2 amide bonds. The molecule has 1 fully saturated rings. The molecule has 1 aromatic carbocycles. The Labute approximate surface area is 204 Å². The minimum Gasteiger partial charge on any atom is -0.478 e. The van der Waals surface area contributed by atoms with Crippen molar-refractivity contribution in [3.63, 3.8) is 0 Å². The van der Waals surface area contributed by atoms with Crippen LogP contribution in [0.4, 0.5) is 0 Å². The number of fused-ring (bicyclic) bond motifs is 3. The first-order valence-corrected chi connectivity index (χ1v) is 11.4. The summed E-state index contributed by atoms with van der Waals surface area (Å²) in [5.41, 5.74) is 3.12. The quantitative estimate of drug-likeness (QED) is 0.572. The number of aromatic nitrogens is 3. The second-order valence-electron chi connectivity index (χ2n) is 7.98. The number of halogens is 2. The van der Waals surface area contributed by atoms with Crippen LogP contribution in [0.5, 0.6) is 5.75 Å². The van der Waals surface area contributed by atoms with Crippen LogP contribution in [0.3, 0.4) is 0 Å². The van der Waals surface area contributed by atoms with Crippen LogP contribution in [0.2, 0.25) is 10.0 Å². The van der Waals surface area contributed by atoms with Crippen molar-refractivity contribution in [3.8, 4) is 22.9 Å². The molecule has 2 aliphatic heterocycles. The number of nitriles is 1. The van der Waals surface area contributed by atoms with Gasteiger partial charge in [0.2, 0.25) is 11.8 Å². The van der Waals surface area contributed by atoms with E-state index >= 15 is 0 Å². The Bertz CT molecular complexity index is 1310. The Balaban J connectivity index is 1.58. The largest absolute Gasteiger partial charge is 0.478 e. The van der Waals surface area contributed by atoms with Crippen molar-refractivity contribution in [1.29, 1.82) is 5.26 Å². The molecule has 2 aromatic heterocycles. The normalized spacial score (nSPS) is 16.0. The summed E-state index contributed by atoms with van der Waals surface area (Å²) in [5.74, 6) is 0.0985. The number of carbonyl (C=O) groups excluding carboxylic acids is 2. The van der Waals surface area contributed by atoms with Gasteiger partial charge in [-0.1, -0.05) is 23.2 Å². The minimum atomic E-state index is -0.189. The van der Waals surface area contributed by atoms with Gasteiger partial charge >= 0.3 is 0 Å². The van der Waals surface area contributed by atoms with E-state index in [-0.39, 0.29) is 31.6 Å². The lowest BCUT2D eigenvalue weighted by atomic mass is 10.0. The van der Waals surface area contributed by atoms with Crippen LogP contribution in [0, 0.1) is 11.3 Å². The predicted molar refractivity (Wildman–Crippen MR) is 123 cm³/mol. The van der Waals surface area contributed by atoms with Crippen LogP contribution in [0.1, 0.15) is 5.69 Å². The summed E-state index contributed by atoms with van der Waals surface area (Å²) < 4.78 is 12.9. The molecule has 2 aliphatic rings. The molecular weight excluding hydrogens is 483 g/mol. The van der Waals surface area contributed by atoms with Crippen molar-refractivity contribution in [1.82, 2.24) is 24.6 Å². The first-order chi connectivity index (χ1) is 16.5. The summed E-state index contributed by atoms with van der Waals surface area (Å²) in [6, 6.07) is 3.58. The number of ether oxygens (including phenoxy) is 2. The minimum absolute atomic E-state index is 0.00309. The topological polar surface area (TPSA) is 116 Å². The van der Waals surface area contributed by atoms with E-state index in [1.54, 1.807) is 23.4 Å². The SMILES string of the molecule is N#CCOc1cc(Cl)c(Cl)c2c1c(-c1cn[nH]c1)c1n2CCN(C(=O)CN2CCOCC2=O)C1. The molecule has 0 bridgehead atoms. The maximum absolute atomic E-state index is 13.1. The first kappa shape index (κ1) is 22.5. The molecule has 4 heterocycles. The number of hydrogen-bond acceptors (Lipinski definition) is 6. The molecule has 176 valence electrons. The number of nitrogens with one attached hydrogen (secondary N) is 1. The van der Waals surface area contributed by atoms with Gasteiger partial charge in [-0.2, -0.15) is 10.4 Å². The molecule has 1 N–H and O–H groups in total. The van der Waals surface area contributed by atoms with Crippen LogP contribution in [0.25, 0.3) is 22.0 Å². The summed E-state index contributed by atoms with van der Waals surface area (Å²) in [5, 5.41) is 17.3. The summed E-state index contributed by atoms with van der Waals surface area (Å²) in [7, 11) is 0. The van der Waals surface area contributed by atoms with Crippen molar-refractivity contribution in [3.05, 3.63) is 34.2 Å². The van der Waals surface area contributed by atoms with Gasteiger partial charge in [-0.15, -0.1) is 0 Å². The van der Waals surface area contributed by atoms with Crippen molar-refractivity contribution < 1.29 is 19.1 Å². The third-order valence-corrected chi connectivity index (χ3v) is 6.85. The first-order valence-electron chi connectivity index (χ1n) is 10.6. The van der Waals surface area contributed by atoms with E-state index in [1.807, 2.05) is 10.6 Å². The highest BCUT2D eigenvalue weighted by Gasteiger charge is 2.32. The second kappa shape index (κ2) is 9.18. The van der Waals surface area contributed by atoms with E-state index in [4.69, 9.17) is 37.9 Å². The van der Waals surface area contributed by atoms with Crippen molar-refractivity contribution in [2.24, 2.45) is 0 Å². The summed E-state index contributed by atoms with van der Waals surface area (Å²) in [6.45, 7) is 1.88. The van der Waals surface area contributed by atoms with Gasteiger partial charge in [0.15, 0.2) is 6.61 Å². The monoisotopic (exact) mass is 502 g/mol. The smallest absolute Gasteiger partial charge is 0.249 e. The van der Waals surface area contributed by atoms with Gasteiger partial charge in [-0.25, -0.2) is 0 Å². The van der Waals surface area contributed by atoms with E-state index in [1.165, 1.54) is 4.90 Å². The fourth-order valence-corrected chi connectivity index (χ4v) is 4.95. The highest BCUT2D eigenvalue weighted by molar-refractivity contribution is 6.45. The van der Waals surface area contributed by atoms with Crippen molar-refractivity contribution in [2.75, 3.05) is 39.5 Å². The van der Waals surface area contributed by atoms with Crippen molar-refractivity contribution >= 4 is 45.9 Å². The fraction of sp³-hybridized carbons (Fsp3) is 0.364. The Kier molecular flexibility index (Phi) is 6.08. The number of morpholine rings is 1. The van der Waals surface area contributed by atoms with Gasteiger partial charge in [0.25, 0.3) is 0 Å². The molecule has 12 heteroatoms. The highest BCUT2D eigenvalue weighted by atomic mass is 35.5. The standard InChI is InChI=1S/C22H20Cl2N6O4/c23-14-7-16(34-5-1-25)20-19(13-8-26-27-9-13)15-10-28(2-3-30(15)22(20)21(14)24)17(31)11-29-4-6-33-12-18(29)32/h7-9H,2-6,10-12H2,(H,26,27). The Morgan fingerprint density at radius 1 is 1.32 bits per heavy atom. The van der Waals surface area contributed by atoms with Gasteiger partial charge in [0, 0.05) is 48.7 Å². The third-order valence-electron chi connectivity index (χ3n) is 6.07. The molecule has 0 saturated carbocycles. The number of nitrogens with zero attached hydrogens (tertiary/aromatic N) is 5. The maximum Gasteiger partial charge on any atom is 0.249 e. The molecule has 0 atom stereocenters.